The molecule has 8 heteroatoms. The van der Waals surface area contributed by atoms with Gasteiger partial charge in [0, 0.05) is 30.8 Å². The Morgan fingerprint density at radius 1 is 1.14 bits per heavy atom. The van der Waals surface area contributed by atoms with Crippen LogP contribution in [0, 0.1) is 5.82 Å². The van der Waals surface area contributed by atoms with E-state index in [2.05, 4.69) is 19.9 Å². The van der Waals surface area contributed by atoms with Crippen molar-refractivity contribution < 1.29 is 13.9 Å². The summed E-state index contributed by atoms with van der Waals surface area (Å²) in [5.41, 5.74) is 0.618. The molecule has 4 heterocycles. The van der Waals surface area contributed by atoms with E-state index in [1.165, 1.54) is 31.9 Å². The monoisotopic (exact) mass is 488 g/mol. The van der Waals surface area contributed by atoms with Crippen LogP contribution in [0.25, 0.3) is 32.9 Å². The van der Waals surface area contributed by atoms with E-state index >= 15 is 4.39 Å². The van der Waals surface area contributed by atoms with Crippen LogP contribution in [0.3, 0.4) is 0 Å². The first-order valence-electron chi connectivity index (χ1n) is 12.6. The summed E-state index contributed by atoms with van der Waals surface area (Å²) in [4.78, 5) is 27.3. The first-order valence-corrected chi connectivity index (χ1v) is 12.6. The van der Waals surface area contributed by atoms with Gasteiger partial charge in [0.2, 0.25) is 0 Å². The summed E-state index contributed by atoms with van der Waals surface area (Å²) in [7, 11) is 1.55. The van der Waals surface area contributed by atoms with Gasteiger partial charge in [-0.05, 0) is 68.1 Å². The molecule has 0 unspecified atom stereocenters. The average molecular weight is 489 g/mol. The van der Waals surface area contributed by atoms with Gasteiger partial charge in [-0.25, -0.2) is 9.37 Å². The van der Waals surface area contributed by atoms with E-state index in [1.54, 1.807) is 13.2 Å². The molecule has 0 spiro atoms. The predicted molar refractivity (Wildman–Crippen MR) is 137 cm³/mol. The van der Waals surface area contributed by atoms with E-state index in [0.29, 0.717) is 23.6 Å². The quantitative estimate of drug-likeness (QED) is 0.376. The molecule has 2 aromatic carbocycles. The maximum absolute atomic E-state index is 16.0. The second-order valence-electron chi connectivity index (χ2n) is 9.86. The number of benzene rings is 2. The van der Waals surface area contributed by atoms with E-state index in [4.69, 9.17) is 9.47 Å². The van der Waals surface area contributed by atoms with Gasteiger partial charge < -0.3 is 14.5 Å². The zero-order chi connectivity index (χ0) is 24.7. The SMILES string of the molecule is COCOc1cc(-c2ncc3c(=O)[nH]c(CCC45CCCN4CCC5)nc3c2F)c2ccccc2c1. The Labute approximate surface area is 208 Å². The number of aromatic amines is 1. The molecule has 7 nitrogen and oxygen atoms in total. The van der Waals surface area contributed by atoms with Crippen LogP contribution < -0.4 is 10.3 Å². The topological polar surface area (TPSA) is 80.3 Å². The van der Waals surface area contributed by atoms with Crippen molar-refractivity contribution >= 4 is 21.7 Å². The van der Waals surface area contributed by atoms with E-state index in [9.17, 15) is 4.79 Å². The fourth-order valence-electron chi connectivity index (χ4n) is 6.09. The Bertz CT molecular complexity index is 1490. The van der Waals surface area contributed by atoms with Crippen molar-refractivity contribution in [2.45, 2.75) is 44.1 Å². The fourth-order valence-corrected chi connectivity index (χ4v) is 6.09. The molecule has 2 aromatic heterocycles. The minimum absolute atomic E-state index is 0.0539. The molecule has 0 atom stereocenters. The number of aryl methyl sites for hydroxylation is 1. The van der Waals surface area contributed by atoms with Gasteiger partial charge in [0.15, 0.2) is 12.6 Å². The zero-order valence-corrected chi connectivity index (χ0v) is 20.3. The van der Waals surface area contributed by atoms with Crippen molar-refractivity contribution in [3.63, 3.8) is 0 Å². The second-order valence-corrected chi connectivity index (χ2v) is 9.86. The third-order valence-electron chi connectivity index (χ3n) is 7.82. The number of pyridine rings is 1. The molecule has 0 aliphatic carbocycles. The molecule has 2 aliphatic rings. The largest absolute Gasteiger partial charge is 0.468 e. The van der Waals surface area contributed by atoms with Crippen molar-refractivity contribution in [3.05, 3.63) is 64.6 Å². The molecule has 186 valence electrons. The Hall–Kier alpha value is -3.36. The summed E-state index contributed by atoms with van der Waals surface area (Å²) in [6.07, 6.45) is 7.74. The molecule has 2 aliphatic heterocycles. The molecule has 36 heavy (non-hydrogen) atoms. The van der Waals surface area contributed by atoms with Crippen LogP contribution in [-0.2, 0) is 11.2 Å². The molecule has 4 aromatic rings. The molecular weight excluding hydrogens is 459 g/mol. The molecule has 2 fully saturated rings. The van der Waals surface area contributed by atoms with Gasteiger partial charge >= 0.3 is 0 Å². The highest BCUT2D eigenvalue weighted by Crippen LogP contribution is 2.42. The van der Waals surface area contributed by atoms with E-state index in [-0.39, 0.29) is 34.5 Å². The zero-order valence-electron chi connectivity index (χ0n) is 20.3. The summed E-state index contributed by atoms with van der Waals surface area (Å²) in [5, 5.41) is 1.87. The number of nitrogens with one attached hydrogen (secondary N) is 1. The van der Waals surface area contributed by atoms with Crippen molar-refractivity contribution in [2.24, 2.45) is 0 Å². The van der Waals surface area contributed by atoms with E-state index in [0.717, 1.165) is 30.3 Å². The average Bonchev–Trinajstić information content (AvgIpc) is 3.47. The van der Waals surface area contributed by atoms with Crippen LogP contribution in [0.4, 0.5) is 4.39 Å². The lowest BCUT2D eigenvalue weighted by Gasteiger charge is -2.32. The number of fused-ring (bicyclic) bond motifs is 3. The molecular formula is C28H29FN4O3. The molecule has 0 bridgehead atoms. The summed E-state index contributed by atoms with van der Waals surface area (Å²) >= 11 is 0. The Balaban J connectivity index is 1.41. The third-order valence-corrected chi connectivity index (χ3v) is 7.82. The highest BCUT2D eigenvalue weighted by molar-refractivity contribution is 5.98. The van der Waals surface area contributed by atoms with Crippen LogP contribution in [0.5, 0.6) is 5.75 Å². The number of rotatable bonds is 7. The molecule has 1 N–H and O–H groups in total. The highest BCUT2D eigenvalue weighted by Gasteiger charge is 2.43. The standard InChI is InChI=1S/C28H29FN4O3/c1-35-17-36-19-14-18-6-2-3-7-20(18)21(15-19)25-24(29)26-22(16-30-25)27(34)32-23(31-26)8-11-28-9-4-12-33(28)13-5-10-28/h2-3,6-7,14-16H,4-5,8-13,17H2,1H3,(H,31,32,34). The molecule has 2 saturated heterocycles. The number of aromatic nitrogens is 3. The number of ether oxygens (including phenoxy) is 2. The number of methoxy groups -OCH3 is 1. The smallest absolute Gasteiger partial charge is 0.260 e. The second kappa shape index (κ2) is 9.26. The molecule has 0 radical (unpaired) electrons. The lowest BCUT2D eigenvalue weighted by molar-refractivity contribution is 0.0512. The first kappa shape index (κ1) is 23.1. The molecule has 0 amide bonds. The number of halogens is 1. The number of hydrogen-bond acceptors (Lipinski definition) is 6. The van der Waals surface area contributed by atoms with Crippen molar-refractivity contribution in [1.29, 1.82) is 0 Å². The van der Waals surface area contributed by atoms with Crippen LogP contribution >= 0.6 is 0 Å². The lowest BCUT2D eigenvalue weighted by atomic mass is 9.89. The maximum Gasteiger partial charge on any atom is 0.260 e. The normalized spacial score (nSPS) is 17.2. The van der Waals surface area contributed by atoms with Gasteiger partial charge in [0.1, 0.15) is 22.8 Å². The van der Waals surface area contributed by atoms with Crippen LogP contribution in [0.1, 0.15) is 37.9 Å². The number of nitrogens with zero attached hydrogens (tertiary/aromatic N) is 3. The molecule has 6 rings (SSSR count). The van der Waals surface area contributed by atoms with Crippen molar-refractivity contribution in [3.8, 4) is 17.0 Å². The number of hydrogen-bond donors (Lipinski definition) is 1. The van der Waals surface area contributed by atoms with Crippen LogP contribution in [0.2, 0.25) is 0 Å². The summed E-state index contributed by atoms with van der Waals surface area (Å²) < 4.78 is 26.7. The minimum atomic E-state index is -0.601. The van der Waals surface area contributed by atoms with Gasteiger partial charge in [-0.2, -0.15) is 0 Å². The van der Waals surface area contributed by atoms with Gasteiger partial charge in [-0.3, -0.25) is 14.7 Å². The van der Waals surface area contributed by atoms with E-state index in [1.807, 2.05) is 30.3 Å². The lowest BCUT2D eigenvalue weighted by Crippen LogP contribution is -2.38. The summed E-state index contributed by atoms with van der Waals surface area (Å²) in [5.74, 6) is 0.470. The third kappa shape index (κ3) is 3.94. The van der Waals surface area contributed by atoms with Gasteiger partial charge in [-0.1, -0.05) is 24.3 Å². The van der Waals surface area contributed by atoms with Crippen molar-refractivity contribution in [1.82, 2.24) is 19.9 Å². The Kier molecular flexibility index (Phi) is 5.93. The predicted octanol–water partition coefficient (Wildman–Crippen LogP) is 4.82. The first-order chi connectivity index (χ1) is 17.6. The highest BCUT2D eigenvalue weighted by atomic mass is 19.1. The van der Waals surface area contributed by atoms with Gasteiger partial charge in [0.25, 0.3) is 5.56 Å². The number of H-pyrrole nitrogens is 1. The van der Waals surface area contributed by atoms with Crippen molar-refractivity contribution in [2.75, 3.05) is 27.0 Å². The minimum Gasteiger partial charge on any atom is -0.468 e. The van der Waals surface area contributed by atoms with Crippen LogP contribution in [0.15, 0.2) is 47.4 Å². The fraction of sp³-hybridized carbons (Fsp3) is 0.393. The maximum atomic E-state index is 16.0. The summed E-state index contributed by atoms with van der Waals surface area (Å²) in [6, 6.07) is 11.3. The molecule has 0 saturated carbocycles. The van der Waals surface area contributed by atoms with E-state index < -0.39 is 5.82 Å². The van der Waals surface area contributed by atoms with Crippen LogP contribution in [-0.4, -0.2) is 52.4 Å². The Morgan fingerprint density at radius 3 is 2.75 bits per heavy atom. The summed E-state index contributed by atoms with van der Waals surface area (Å²) in [6.45, 7) is 2.36. The van der Waals surface area contributed by atoms with Gasteiger partial charge in [-0.15, -0.1) is 0 Å². The Morgan fingerprint density at radius 2 is 1.94 bits per heavy atom. The van der Waals surface area contributed by atoms with Gasteiger partial charge in [0.05, 0.1) is 5.39 Å².